The van der Waals surface area contributed by atoms with Crippen molar-refractivity contribution >= 4 is 5.78 Å². The first-order chi connectivity index (χ1) is 14.3. The van der Waals surface area contributed by atoms with E-state index in [1.54, 1.807) is 12.1 Å². The van der Waals surface area contributed by atoms with E-state index in [1.165, 1.54) is 24.3 Å². The lowest BCUT2D eigenvalue weighted by Crippen LogP contribution is -2.55. The van der Waals surface area contributed by atoms with E-state index in [-0.39, 0.29) is 40.6 Å². The summed E-state index contributed by atoms with van der Waals surface area (Å²) in [6.45, 7) is -0.632. The summed E-state index contributed by atoms with van der Waals surface area (Å²) in [6, 6.07) is 8.79. The molecule has 0 aliphatic carbocycles. The molecule has 2 aromatic carbocycles. The molecule has 9 nitrogen and oxygen atoms in total. The van der Waals surface area contributed by atoms with Crippen molar-refractivity contribution in [2.24, 2.45) is 0 Å². The van der Waals surface area contributed by atoms with Gasteiger partial charge in [0.25, 0.3) is 0 Å². The van der Waals surface area contributed by atoms with Gasteiger partial charge in [0.05, 0.1) is 24.2 Å². The van der Waals surface area contributed by atoms with Gasteiger partial charge in [-0.15, -0.1) is 0 Å². The number of ketones is 1. The smallest absolute Gasteiger partial charge is 0.170 e. The number of ether oxygens (including phenoxy) is 2. The Morgan fingerprint density at radius 1 is 0.933 bits per heavy atom. The lowest BCUT2D eigenvalue weighted by Gasteiger charge is -2.41. The summed E-state index contributed by atoms with van der Waals surface area (Å²) in [4.78, 5) is 12.8. The lowest BCUT2D eigenvalue weighted by atomic mass is 9.87. The maximum atomic E-state index is 12.8. The van der Waals surface area contributed by atoms with Gasteiger partial charge < -0.3 is 40.1 Å². The zero-order chi connectivity index (χ0) is 21.6. The zero-order valence-corrected chi connectivity index (χ0v) is 15.8. The van der Waals surface area contributed by atoms with Crippen molar-refractivity contribution in [2.75, 3.05) is 6.61 Å². The van der Waals surface area contributed by atoms with Crippen LogP contribution in [0.4, 0.5) is 0 Å². The van der Waals surface area contributed by atoms with Gasteiger partial charge in [-0.05, 0) is 29.8 Å². The summed E-state index contributed by atoms with van der Waals surface area (Å²) in [5.74, 6) is -0.549. The summed E-state index contributed by atoms with van der Waals surface area (Å²) in [5, 5.41) is 60.1. The average molecular weight is 418 g/mol. The molecule has 160 valence electrons. The molecule has 0 bridgehead atoms. The molecular formula is C21H22O9. The van der Waals surface area contributed by atoms with Crippen LogP contribution in [-0.4, -0.2) is 67.4 Å². The van der Waals surface area contributed by atoms with Gasteiger partial charge in [-0.2, -0.15) is 0 Å². The standard InChI is InChI=1S/C21H22O9/c22-8-15-17(26)18(27)19(28)21(30-15)16-12(24)6-5-11-13(25)7-14(29-20(11)16)9-1-3-10(23)4-2-9/h1-6,14-15,17-19,21-24,26-28H,7-8H2/t14-,15+,17-,18-,19+,21-/m0/s1. The Bertz CT molecular complexity index is 940. The van der Waals surface area contributed by atoms with Crippen LogP contribution in [-0.2, 0) is 4.74 Å². The maximum absolute atomic E-state index is 12.8. The van der Waals surface area contributed by atoms with Gasteiger partial charge in [-0.3, -0.25) is 4.79 Å². The normalized spacial score (nSPS) is 31.1. The predicted octanol–water partition coefficient (Wildman–Crippen LogP) is 0.319. The molecule has 4 rings (SSSR count). The third-order valence-corrected chi connectivity index (χ3v) is 5.55. The molecule has 6 N–H and O–H groups in total. The van der Waals surface area contributed by atoms with Crippen molar-refractivity contribution in [2.45, 2.75) is 43.0 Å². The van der Waals surface area contributed by atoms with Gasteiger partial charge in [0.1, 0.15) is 53.9 Å². The molecule has 30 heavy (non-hydrogen) atoms. The zero-order valence-electron chi connectivity index (χ0n) is 15.8. The first-order valence-corrected chi connectivity index (χ1v) is 9.47. The Morgan fingerprint density at radius 3 is 2.30 bits per heavy atom. The molecule has 2 aromatic rings. The second-order valence-corrected chi connectivity index (χ2v) is 7.45. The van der Waals surface area contributed by atoms with E-state index >= 15 is 0 Å². The SMILES string of the molecule is O=C1C[C@@H](c2ccc(O)cc2)Oc2c1ccc(O)c2[C@@H]1O[C@H](CO)[C@H](O)[C@H](O)[C@H]1O. The molecule has 0 saturated carbocycles. The highest BCUT2D eigenvalue weighted by atomic mass is 16.5. The number of phenolic OH excluding ortho intramolecular Hbond substituents is 2. The fraction of sp³-hybridized carbons (Fsp3) is 0.381. The highest BCUT2D eigenvalue weighted by Crippen LogP contribution is 2.47. The third kappa shape index (κ3) is 3.40. The summed E-state index contributed by atoms with van der Waals surface area (Å²) in [5.41, 5.74) is 0.742. The summed E-state index contributed by atoms with van der Waals surface area (Å²) in [6.07, 6.45) is -8.09. The monoisotopic (exact) mass is 418 g/mol. The van der Waals surface area contributed by atoms with Crippen LogP contribution in [0.25, 0.3) is 0 Å². The van der Waals surface area contributed by atoms with E-state index in [2.05, 4.69) is 0 Å². The van der Waals surface area contributed by atoms with Crippen LogP contribution in [0.15, 0.2) is 36.4 Å². The van der Waals surface area contributed by atoms with Gasteiger partial charge >= 0.3 is 0 Å². The Morgan fingerprint density at radius 2 is 1.63 bits per heavy atom. The highest BCUT2D eigenvalue weighted by Gasteiger charge is 2.47. The summed E-state index contributed by atoms with van der Waals surface area (Å²) >= 11 is 0. The molecule has 0 radical (unpaired) electrons. The van der Waals surface area contributed by atoms with Gasteiger partial charge in [0.15, 0.2) is 5.78 Å². The first-order valence-electron chi connectivity index (χ1n) is 9.47. The number of hydrogen-bond donors (Lipinski definition) is 6. The Kier molecular flexibility index (Phi) is 5.39. The third-order valence-electron chi connectivity index (χ3n) is 5.55. The average Bonchev–Trinajstić information content (AvgIpc) is 2.73. The molecular weight excluding hydrogens is 396 g/mol. The molecule has 0 unspecified atom stereocenters. The van der Waals surface area contributed by atoms with E-state index in [0.717, 1.165) is 0 Å². The second kappa shape index (κ2) is 7.86. The molecule has 2 aliphatic rings. The van der Waals surface area contributed by atoms with E-state index in [0.29, 0.717) is 5.56 Å². The minimum absolute atomic E-state index is 0.00588. The van der Waals surface area contributed by atoms with Crippen LogP contribution in [0.5, 0.6) is 17.2 Å². The van der Waals surface area contributed by atoms with Gasteiger partial charge in [-0.1, -0.05) is 12.1 Å². The number of Topliss-reactive ketones (excluding diaryl/α,β-unsaturated/α-hetero) is 1. The Hall–Kier alpha value is -2.69. The fourth-order valence-corrected chi connectivity index (χ4v) is 3.89. The number of hydrogen-bond acceptors (Lipinski definition) is 9. The van der Waals surface area contributed by atoms with Crippen LogP contribution in [0.1, 0.15) is 40.1 Å². The van der Waals surface area contributed by atoms with E-state index in [9.17, 15) is 35.4 Å². The largest absolute Gasteiger partial charge is 0.508 e. The van der Waals surface area contributed by atoms with E-state index in [4.69, 9.17) is 9.47 Å². The number of rotatable bonds is 3. The van der Waals surface area contributed by atoms with Crippen molar-refractivity contribution in [3.05, 3.63) is 53.1 Å². The van der Waals surface area contributed by atoms with E-state index < -0.39 is 43.2 Å². The molecule has 9 heteroatoms. The van der Waals surface area contributed by atoms with Crippen molar-refractivity contribution in [3.8, 4) is 17.2 Å². The van der Waals surface area contributed by atoms with E-state index in [1.807, 2.05) is 0 Å². The minimum atomic E-state index is -1.65. The first kappa shape index (κ1) is 20.6. The molecule has 2 heterocycles. The van der Waals surface area contributed by atoms with Crippen LogP contribution in [0, 0.1) is 0 Å². The number of aliphatic hydroxyl groups is 4. The highest BCUT2D eigenvalue weighted by molar-refractivity contribution is 6.00. The molecule has 0 amide bonds. The number of phenols is 2. The quantitative estimate of drug-likeness (QED) is 0.413. The molecule has 1 saturated heterocycles. The number of aromatic hydroxyl groups is 2. The fourth-order valence-electron chi connectivity index (χ4n) is 3.89. The number of carbonyl (C=O) groups is 1. The lowest BCUT2D eigenvalue weighted by molar-refractivity contribution is -0.232. The van der Waals surface area contributed by atoms with Crippen LogP contribution in [0.2, 0.25) is 0 Å². The number of aliphatic hydroxyl groups excluding tert-OH is 4. The second-order valence-electron chi connectivity index (χ2n) is 7.45. The Balaban J connectivity index is 1.77. The molecule has 2 aliphatic heterocycles. The topological polar surface area (TPSA) is 157 Å². The summed E-state index contributed by atoms with van der Waals surface area (Å²) < 4.78 is 11.6. The number of carbonyl (C=O) groups excluding carboxylic acids is 1. The van der Waals surface area contributed by atoms with Gasteiger partial charge in [0.2, 0.25) is 0 Å². The van der Waals surface area contributed by atoms with Crippen LogP contribution in [0.3, 0.4) is 0 Å². The minimum Gasteiger partial charge on any atom is -0.508 e. The van der Waals surface area contributed by atoms with Crippen molar-refractivity contribution in [1.82, 2.24) is 0 Å². The van der Waals surface area contributed by atoms with Crippen LogP contribution >= 0.6 is 0 Å². The molecule has 0 spiro atoms. The van der Waals surface area contributed by atoms with Crippen molar-refractivity contribution in [3.63, 3.8) is 0 Å². The predicted molar refractivity (Wildman–Crippen MR) is 101 cm³/mol. The number of fused-ring (bicyclic) bond motifs is 1. The van der Waals surface area contributed by atoms with Crippen molar-refractivity contribution < 1.29 is 44.9 Å². The molecule has 6 atom stereocenters. The number of benzene rings is 2. The summed E-state index contributed by atoms with van der Waals surface area (Å²) in [7, 11) is 0. The Labute approximate surface area is 171 Å². The van der Waals surface area contributed by atoms with Crippen molar-refractivity contribution in [1.29, 1.82) is 0 Å². The molecule has 0 aromatic heterocycles. The van der Waals surface area contributed by atoms with Gasteiger partial charge in [0, 0.05) is 0 Å². The molecule has 1 fully saturated rings. The maximum Gasteiger partial charge on any atom is 0.170 e. The van der Waals surface area contributed by atoms with Crippen LogP contribution < -0.4 is 4.74 Å². The van der Waals surface area contributed by atoms with Gasteiger partial charge in [-0.25, -0.2) is 0 Å².